The van der Waals surface area contributed by atoms with Crippen LogP contribution in [0.25, 0.3) is 11.0 Å². The molecule has 0 bridgehead atoms. The topological polar surface area (TPSA) is 33.2 Å². The Kier molecular flexibility index (Phi) is 4.08. The number of aromatic nitrogens is 2. The van der Waals surface area contributed by atoms with Crippen molar-refractivity contribution in [2.45, 2.75) is 25.8 Å². The van der Waals surface area contributed by atoms with Gasteiger partial charge in [0.2, 0.25) is 0 Å². The van der Waals surface area contributed by atoms with Crippen molar-refractivity contribution in [1.29, 1.82) is 0 Å². The van der Waals surface area contributed by atoms with Gasteiger partial charge < -0.3 is 19.2 Å². The Bertz CT molecular complexity index is 640. The Balaban J connectivity index is 1.80. The molecule has 0 aliphatic carbocycles. The Labute approximate surface area is 124 Å². The molecule has 2 aromatic rings. The van der Waals surface area contributed by atoms with E-state index in [1.807, 2.05) is 12.1 Å². The van der Waals surface area contributed by atoms with Crippen LogP contribution in [0.2, 0.25) is 0 Å². The number of methoxy groups -OCH3 is 1. The number of imidazole rings is 1. The van der Waals surface area contributed by atoms with E-state index in [1.54, 1.807) is 7.11 Å². The second-order valence-electron chi connectivity index (χ2n) is 5.37. The summed E-state index contributed by atoms with van der Waals surface area (Å²) in [4.78, 5) is 5.80. The molecule has 1 saturated heterocycles. The van der Waals surface area contributed by atoms with Crippen molar-refractivity contribution in [3.63, 3.8) is 0 Å². The quantitative estimate of drug-likeness (QED) is 0.878. The lowest BCUT2D eigenvalue weighted by Gasteiger charge is -2.26. The number of nitrogens with zero attached hydrogens (tertiary/aromatic N) is 2. The normalized spacial score (nSPS) is 16.6. The van der Waals surface area contributed by atoms with Gasteiger partial charge >= 0.3 is 0 Å². The number of benzene rings is 1. The second kappa shape index (κ2) is 5.97. The summed E-state index contributed by atoms with van der Waals surface area (Å²) in [6.07, 6.45) is 4.04. The van der Waals surface area contributed by atoms with Gasteiger partial charge in [0, 0.05) is 19.2 Å². The maximum atomic E-state index is 5.45. The van der Waals surface area contributed by atoms with Crippen LogP contribution in [-0.2, 0) is 6.54 Å². The average molecular weight is 291 g/mol. The Morgan fingerprint density at radius 3 is 2.75 bits per heavy atom. The van der Waals surface area contributed by atoms with Gasteiger partial charge in [0.1, 0.15) is 5.75 Å². The van der Waals surface area contributed by atoms with E-state index < -0.39 is 0 Å². The molecule has 0 saturated carbocycles. The van der Waals surface area contributed by atoms with Crippen molar-refractivity contribution < 1.29 is 4.74 Å². The molecule has 1 fully saturated rings. The molecule has 1 N–H and O–H groups in total. The van der Waals surface area contributed by atoms with E-state index in [9.17, 15) is 0 Å². The van der Waals surface area contributed by atoms with E-state index in [1.165, 1.54) is 32.4 Å². The maximum Gasteiger partial charge on any atom is 0.178 e. The highest BCUT2D eigenvalue weighted by Crippen LogP contribution is 2.20. The SMILES string of the molecule is COc1ccc2c(c1)[nH]c(=S)n2CCN1CCCCC1. The van der Waals surface area contributed by atoms with Gasteiger partial charge in [-0.05, 0) is 50.3 Å². The maximum absolute atomic E-state index is 5.45. The van der Waals surface area contributed by atoms with E-state index in [-0.39, 0.29) is 0 Å². The first kappa shape index (κ1) is 13.6. The van der Waals surface area contributed by atoms with Crippen molar-refractivity contribution in [3.05, 3.63) is 23.0 Å². The van der Waals surface area contributed by atoms with E-state index in [0.717, 1.165) is 34.6 Å². The molecule has 0 amide bonds. The van der Waals surface area contributed by atoms with E-state index in [0.29, 0.717) is 0 Å². The van der Waals surface area contributed by atoms with Crippen LogP contribution in [-0.4, -0.2) is 41.2 Å². The van der Waals surface area contributed by atoms with Crippen LogP contribution < -0.4 is 4.74 Å². The summed E-state index contributed by atoms with van der Waals surface area (Å²) in [5, 5.41) is 0. The number of piperidine rings is 1. The summed E-state index contributed by atoms with van der Waals surface area (Å²) in [6, 6.07) is 6.07. The lowest BCUT2D eigenvalue weighted by molar-refractivity contribution is 0.221. The first-order valence-electron chi connectivity index (χ1n) is 7.27. The summed E-state index contributed by atoms with van der Waals surface area (Å²) in [7, 11) is 1.68. The number of H-pyrrole nitrogens is 1. The summed E-state index contributed by atoms with van der Waals surface area (Å²) in [5.41, 5.74) is 2.21. The smallest absolute Gasteiger partial charge is 0.178 e. The Morgan fingerprint density at radius 1 is 1.20 bits per heavy atom. The lowest BCUT2D eigenvalue weighted by Crippen LogP contribution is -2.32. The van der Waals surface area contributed by atoms with Crippen molar-refractivity contribution in [2.75, 3.05) is 26.7 Å². The minimum Gasteiger partial charge on any atom is -0.497 e. The molecule has 1 aromatic heterocycles. The molecule has 1 aliphatic heterocycles. The number of likely N-dealkylation sites (tertiary alicyclic amines) is 1. The highest BCUT2D eigenvalue weighted by atomic mass is 32.1. The summed E-state index contributed by atoms with van der Waals surface area (Å²) in [5.74, 6) is 0.858. The molecule has 0 atom stereocenters. The molecule has 4 nitrogen and oxygen atoms in total. The van der Waals surface area contributed by atoms with Gasteiger partial charge in [-0.1, -0.05) is 6.42 Å². The lowest BCUT2D eigenvalue weighted by atomic mass is 10.1. The van der Waals surface area contributed by atoms with Gasteiger partial charge in [-0.3, -0.25) is 0 Å². The first-order chi connectivity index (χ1) is 9.78. The molecular weight excluding hydrogens is 270 g/mol. The molecule has 1 aromatic carbocycles. The third-order valence-corrected chi connectivity index (χ3v) is 4.39. The molecule has 0 spiro atoms. The predicted octanol–water partition coefficient (Wildman–Crippen LogP) is 3.19. The largest absolute Gasteiger partial charge is 0.497 e. The Hall–Kier alpha value is -1.33. The number of fused-ring (bicyclic) bond motifs is 1. The fourth-order valence-electron chi connectivity index (χ4n) is 2.92. The highest BCUT2D eigenvalue weighted by Gasteiger charge is 2.11. The van der Waals surface area contributed by atoms with E-state index in [2.05, 4.69) is 20.5 Å². The second-order valence-corrected chi connectivity index (χ2v) is 5.75. The molecule has 108 valence electrons. The molecule has 20 heavy (non-hydrogen) atoms. The van der Waals surface area contributed by atoms with Crippen LogP contribution in [0.4, 0.5) is 0 Å². The summed E-state index contributed by atoms with van der Waals surface area (Å²) in [6.45, 7) is 4.48. The average Bonchev–Trinajstić information content (AvgIpc) is 2.80. The number of aromatic amines is 1. The minimum atomic E-state index is 0.797. The van der Waals surface area contributed by atoms with Crippen LogP contribution in [0, 0.1) is 4.77 Å². The zero-order valence-corrected chi connectivity index (χ0v) is 12.7. The zero-order chi connectivity index (χ0) is 13.9. The highest BCUT2D eigenvalue weighted by molar-refractivity contribution is 7.71. The van der Waals surface area contributed by atoms with E-state index in [4.69, 9.17) is 17.0 Å². The standard InChI is InChI=1S/C15H21N3OS/c1-19-12-5-6-14-13(11-12)16-15(20)18(14)10-9-17-7-3-2-4-8-17/h5-6,11H,2-4,7-10H2,1H3,(H,16,20). The number of rotatable bonds is 4. The van der Waals surface area contributed by atoms with Crippen LogP contribution in [0.15, 0.2) is 18.2 Å². The molecule has 3 rings (SSSR count). The number of nitrogens with one attached hydrogen (secondary N) is 1. The summed E-state index contributed by atoms with van der Waals surface area (Å²) < 4.78 is 8.24. The number of ether oxygens (including phenoxy) is 1. The molecule has 0 unspecified atom stereocenters. The van der Waals surface area contributed by atoms with Gasteiger partial charge in [-0.25, -0.2) is 0 Å². The van der Waals surface area contributed by atoms with Gasteiger partial charge in [0.15, 0.2) is 4.77 Å². The van der Waals surface area contributed by atoms with Crippen molar-refractivity contribution in [1.82, 2.24) is 14.5 Å². The van der Waals surface area contributed by atoms with Crippen LogP contribution in [0.3, 0.4) is 0 Å². The Morgan fingerprint density at radius 2 is 2.00 bits per heavy atom. The van der Waals surface area contributed by atoms with Crippen LogP contribution in [0.1, 0.15) is 19.3 Å². The van der Waals surface area contributed by atoms with Crippen LogP contribution in [0.5, 0.6) is 5.75 Å². The van der Waals surface area contributed by atoms with Crippen molar-refractivity contribution in [2.24, 2.45) is 0 Å². The fraction of sp³-hybridized carbons (Fsp3) is 0.533. The monoisotopic (exact) mass is 291 g/mol. The third-order valence-electron chi connectivity index (χ3n) is 4.07. The predicted molar refractivity (Wildman–Crippen MR) is 84.0 cm³/mol. The van der Waals surface area contributed by atoms with Gasteiger partial charge in [-0.15, -0.1) is 0 Å². The molecule has 2 heterocycles. The third kappa shape index (κ3) is 2.74. The fourth-order valence-corrected chi connectivity index (χ4v) is 3.22. The van der Waals surface area contributed by atoms with E-state index >= 15 is 0 Å². The zero-order valence-electron chi connectivity index (χ0n) is 11.9. The van der Waals surface area contributed by atoms with Gasteiger partial charge in [0.05, 0.1) is 18.1 Å². The summed E-state index contributed by atoms with van der Waals surface area (Å²) >= 11 is 5.45. The minimum absolute atomic E-state index is 0.797. The van der Waals surface area contributed by atoms with Crippen molar-refractivity contribution in [3.8, 4) is 5.75 Å². The molecule has 1 aliphatic rings. The molecule has 0 radical (unpaired) electrons. The van der Waals surface area contributed by atoms with Crippen molar-refractivity contribution >= 4 is 23.3 Å². The van der Waals surface area contributed by atoms with Gasteiger partial charge in [0.25, 0.3) is 0 Å². The first-order valence-corrected chi connectivity index (χ1v) is 7.67. The number of hydrogen-bond donors (Lipinski definition) is 1. The molecule has 5 heteroatoms. The van der Waals surface area contributed by atoms with Crippen LogP contribution >= 0.6 is 12.2 Å². The number of hydrogen-bond acceptors (Lipinski definition) is 3. The van der Waals surface area contributed by atoms with Gasteiger partial charge in [-0.2, -0.15) is 0 Å². The molecular formula is C15H21N3OS.